The van der Waals surface area contributed by atoms with Crippen LogP contribution in [0.25, 0.3) is 0 Å². The fraction of sp³-hybridized carbons (Fsp3) is 0.533. The molecular weight excluding hydrogens is 242 g/mol. The number of nitrogens with one attached hydrogen (secondary N) is 1. The second kappa shape index (κ2) is 6.57. The minimum atomic E-state index is -0.241. The second-order valence-electron chi connectivity index (χ2n) is 5.06. The zero-order chi connectivity index (χ0) is 13.7. The van der Waals surface area contributed by atoms with Crippen LogP contribution in [0.15, 0.2) is 18.2 Å². The number of ether oxygens (including phenoxy) is 1. The van der Waals surface area contributed by atoms with Gasteiger partial charge in [-0.3, -0.25) is 9.63 Å². The first-order chi connectivity index (χ1) is 9.16. The van der Waals surface area contributed by atoms with Crippen LogP contribution in [0.4, 0.5) is 0 Å². The highest BCUT2D eigenvalue weighted by molar-refractivity contribution is 5.76. The molecule has 1 N–H and O–H groups in total. The Labute approximate surface area is 114 Å². The molecule has 4 nitrogen and oxygen atoms in total. The highest BCUT2D eigenvalue weighted by Crippen LogP contribution is 2.22. The molecule has 1 aromatic carbocycles. The Bertz CT molecular complexity index is 419. The minimum Gasteiger partial charge on any atom is -0.483 e. The van der Waals surface area contributed by atoms with E-state index in [-0.39, 0.29) is 18.6 Å². The van der Waals surface area contributed by atoms with Crippen molar-refractivity contribution in [3.05, 3.63) is 29.3 Å². The summed E-state index contributed by atoms with van der Waals surface area (Å²) in [6, 6.07) is 5.91. The van der Waals surface area contributed by atoms with Crippen molar-refractivity contribution in [2.45, 2.75) is 45.6 Å². The van der Waals surface area contributed by atoms with Gasteiger partial charge in [-0.05, 0) is 37.8 Å². The summed E-state index contributed by atoms with van der Waals surface area (Å²) in [6.45, 7) is 3.92. The molecular formula is C15H21NO3. The summed E-state index contributed by atoms with van der Waals surface area (Å²) in [4.78, 5) is 17.0. The fourth-order valence-electron chi connectivity index (χ4n) is 2.35. The summed E-state index contributed by atoms with van der Waals surface area (Å²) < 4.78 is 5.55. The summed E-state index contributed by atoms with van der Waals surface area (Å²) >= 11 is 0. The summed E-state index contributed by atoms with van der Waals surface area (Å²) in [5, 5.41) is 0. The van der Waals surface area contributed by atoms with Crippen LogP contribution >= 0.6 is 0 Å². The summed E-state index contributed by atoms with van der Waals surface area (Å²) in [5.41, 5.74) is 4.53. The van der Waals surface area contributed by atoms with Gasteiger partial charge in [0.25, 0.3) is 5.91 Å². The third-order valence-electron chi connectivity index (χ3n) is 3.40. The Morgan fingerprint density at radius 3 is 2.53 bits per heavy atom. The van der Waals surface area contributed by atoms with Crippen LogP contribution in [0.3, 0.4) is 0 Å². The van der Waals surface area contributed by atoms with E-state index in [1.54, 1.807) is 0 Å². The van der Waals surface area contributed by atoms with Gasteiger partial charge in [-0.15, -0.1) is 0 Å². The molecule has 1 fully saturated rings. The van der Waals surface area contributed by atoms with Crippen molar-refractivity contribution >= 4 is 5.91 Å². The standard InChI is InChI=1S/C15H21NO3/c1-11-6-5-7-12(2)15(11)18-10-14(17)16-19-13-8-3-4-9-13/h5-7,13H,3-4,8-10H2,1-2H3,(H,16,17). The van der Waals surface area contributed by atoms with Gasteiger partial charge in [-0.25, -0.2) is 5.48 Å². The van der Waals surface area contributed by atoms with Gasteiger partial charge in [0, 0.05) is 0 Å². The van der Waals surface area contributed by atoms with E-state index < -0.39 is 0 Å². The van der Waals surface area contributed by atoms with Crippen molar-refractivity contribution < 1.29 is 14.4 Å². The molecule has 0 aliphatic heterocycles. The number of aryl methyl sites for hydroxylation is 2. The van der Waals surface area contributed by atoms with Crippen molar-refractivity contribution in [3.8, 4) is 5.75 Å². The average molecular weight is 263 g/mol. The minimum absolute atomic E-state index is 0.0155. The molecule has 4 heteroatoms. The SMILES string of the molecule is Cc1cccc(C)c1OCC(=O)NOC1CCCC1. The van der Waals surface area contributed by atoms with Gasteiger partial charge in [-0.2, -0.15) is 0 Å². The molecule has 1 aromatic rings. The van der Waals surface area contributed by atoms with Crippen molar-refractivity contribution in [2.75, 3.05) is 6.61 Å². The summed E-state index contributed by atoms with van der Waals surface area (Å²) in [5.74, 6) is 0.535. The number of amides is 1. The van der Waals surface area contributed by atoms with Crippen LogP contribution in [-0.2, 0) is 9.63 Å². The van der Waals surface area contributed by atoms with Crippen LogP contribution in [0, 0.1) is 13.8 Å². The molecule has 0 bridgehead atoms. The number of carbonyl (C=O) groups excluding carboxylic acids is 1. The predicted octanol–water partition coefficient (Wildman–Crippen LogP) is 2.67. The number of para-hydroxylation sites is 1. The number of carbonyl (C=O) groups is 1. The van der Waals surface area contributed by atoms with E-state index in [1.807, 2.05) is 32.0 Å². The zero-order valence-corrected chi connectivity index (χ0v) is 11.6. The third-order valence-corrected chi connectivity index (χ3v) is 3.40. The number of benzene rings is 1. The molecule has 19 heavy (non-hydrogen) atoms. The highest BCUT2D eigenvalue weighted by atomic mass is 16.7. The molecule has 0 heterocycles. The predicted molar refractivity (Wildman–Crippen MR) is 72.9 cm³/mol. The maximum absolute atomic E-state index is 11.6. The molecule has 0 aromatic heterocycles. The van der Waals surface area contributed by atoms with Crippen LogP contribution in [0.2, 0.25) is 0 Å². The van der Waals surface area contributed by atoms with Gasteiger partial charge in [0.05, 0.1) is 6.10 Å². The Morgan fingerprint density at radius 2 is 1.89 bits per heavy atom. The lowest BCUT2D eigenvalue weighted by atomic mass is 10.1. The van der Waals surface area contributed by atoms with Gasteiger partial charge >= 0.3 is 0 Å². The number of hydroxylamine groups is 1. The number of rotatable bonds is 5. The lowest BCUT2D eigenvalue weighted by Gasteiger charge is -2.13. The zero-order valence-electron chi connectivity index (χ0n) is 11.6. The van der Waals surface area contributed by atoms with Crippen LogP contribution in [0.5, 0.6) is 5.75 Å². The van der Waals surface area contributed by atoms with E-state index in [0.29, 0.717) is 0 Å². The number of hydrogen-bond donors (Lipinski definition) is 1. The van der Waals surface area contributed by atoms with Crippen molar-refractivity contribution in [2.24, 2.45) is 0 Å². The molecule has 1 aliphatic carbocycles. The molecule has 0 radical (unpaired) electrons. The van der Waals surface area contributed by atoms with E-state index in [0.717, 1.165) is 29.7 Å². The maximum atomic E-state index is 11.6. The van der Waals surface area contributed by atoms with E-state index in [1.165, 1.54) is 12.8 Å². The Hall–Kier alpha value is -1.55. The quantitative estimate of drug-likeness (QED) is 0.831. The second-order valence-corrected chi connectivity index (χ2v) is 5.06. The lowest BCUT2D eigenvalue weighted by molar-refractivity contribution is -0.140. The van der Waals surface area contributed by atoms with Crippen LogP contribution in [0.1, 0.15) is 36.8 Å². The van der Waals surface area contributed by atoms with Gasteiger partial charge in [0.15, 0.2) is 6.61 Å². The molecule has 104 valence electrons. The monoisotopic (exact) mass is 263 g/mol. The Balaban J connectivity index is 1.76. The summed E-state index contributed by atoms with van der Waals surface area (Å²) in [7, 11) is 0. The Kier molecular flexibility index (Phi) is 4.80. The fourth-order valence-corrected chi connectivity index (χ4v) is 2.35. The van der Waals surface area contributed by atoms with Crippen LogP contribution < -0.4 is 10.2 Å². The topological polar surface area (TPSA) is 47.6 Å². The van der Waals surface area contributed by atoms with Crippen molar-refractivity contribution in [3.63, 3.8) is 0 Å². The molecule has 1 amide bonds. The van der Waals surface area contributed by atoms with E-state index in [9.17, 15) is 4.79 Å². The van der Waals surface area contributed by atoms with Crippen molar-refractivity contribution in [1.29, 1.82) is 0 Å². The van der Waals surface area contributed by atoms with Gasteiger partial charge < -0.3 is 4.74 Å². The van der Waals surface area contributed by atoms with E-state index in [2.05, 4.69) is 5.48 Å². The smallest absolute Gasteiger partial charge is 0.281 e. The molecule has 0 saturated heterocycles. The van der Waals surface area contributed by atoms with Crippen LogP contribution in [-0.4, -0.2) is 18.6 Å². The van der Waals surface area contributed by atoms with Gasteiger partial charge in [-0.1, -0.05) is 31.0 Å². The molecule has 1 saturated carbocycles. The highest BCUT2D eigenvalue weighted by Gasteiger charge is 2.17. The summed E-state index contributed by atoms with van der Waals surface area (Å²) in [6.07, 6.45) is 4.58. The van der Waals surface area contributed by atoms with E-state index >= 15 is 0 Å². The molecule has 2 rings (SSSR count). The van der Waals surface area contributed by atoms with Gasteiger partial charge in [0.1, 0.15) is 5.75 Å². The largest absolute Gasteiger partial charge is 0.483 e. The van der Waals surface area contributed by atoms with E-state index in [4.69, 9.17) is 9.57 Å². The first-order valence-electron chi connectivity index (χ1n) is 6.80. The number of hydrogen-bond acceptors (Lipinski definition) is 3. The normalized spacial score (nSPS) is 15.5. The Morgan fingerprint density at radius 1 is 1.26 bits per heavy atom. The lowest BCUT2D eigenvalue weighted by Crippen LogP contribution is -2.32. The van der Waals surface area contributed by atoms with Gasteiger partial charge in [0.2, 0.25) is 0 Å². The molecule has 0 spiro atoms. The maximum Gasteiger partial charge on any atom is 0.281 e. The molecule has 1 aliphatic rings. The molecule has 0 unspecified atom stereocenters. The first kappa shape index (κ1) is 13.9. The van der Waals surface area contributed by atoms with Crippen molar-refractivity contribution in [1.82, 2.24) is 5.48 Å². The molecule has 0 atom stereocenters. The average Bonchev–Trinajstić information content (AvgIpc) is 2.89. The first-order valence-corrected chi connectivity index (χ1v) is 6.80. The third kappa shape index (κ3) is 3.96.